The van der Waals surface area contributed by atoms with Crippen LogP contribution < -0.4 is 10.5 Å². The van der Waals surface area contributed by atoms with E-state index in [1.807, 2.05) is 25.1 Å². The number of nitrogens with two attached hydrogens (primary N) is 1. The number of benzene rings is 2. The van der Waals surface area contributed by atoms with Crippen molar-refractivity contribution in [3.05, 3.63) is 53.6 Å². The molecule has 0 aliphatic rings. The van der Waals surface area contributed by atoms with Gasteiger partial charge in [0.25, 0.3) is 0 Å². The summed E-state index contributed by atoms with van der Waals surface area (Å²) in [5.41, 5.74) is 8.15. The first-order chi connectivity index (χ1) is 10.1. The molecule has 0 aliphatic heterocycles. The Bertz CT molecular complexity index is 626. The van der Waals surface area contributed by atoms with Crippen molar-refractivity contribution in [2.75, 3.05) is 18.1 Å². The van der Waals surface area contributed by atoms with E-state index >= 15 is 0 Å². The maximum Gasteiger partial charge on any atom is 0.335 e. The molecule has 0 saturated carbocycles. The van der Waals surface area contributed by atoms with Crippen LogP contribution in [0.25, 0.3) is 0 Å². The highest BCUT2D eigenvalue weighted by Gasteiger charge is 2.04. The average molecular weight is 303 g/mol. The second-order valence-corrected chi connectivity index (χ2v) is 5.65. The minimum atomic E-state index is -0.938. The van der Waals surface area contributed by atoms with E-state index in [0.717, 1.165) is 21.9 Å². The van der Waals surface area contributed by atoms with Gasteiger partial charge in [-0.3, -0.25) is 0 Å². The number of carbonyl (C=O) groups is 1. The first-order valence-electron chi connectivity index (χ1n) is 6.52. The molecule has 0 atom stereocenters. The van der Waals surface area contributed by atoms with Crippen molar-refractivity contribution in [1.29, 1.82) is 0 Å². The number of carboxylic acids is 1. The fourth-order valence-corrected chi connectivity index (χ4v) is 2.66. The summed E-state index contributed by atoms with van der Waals surface area (Å²) in [4.78, 5) is 11.8. The number of hydrogen-bond acceptors (Lipinski definition) is 4. The third kappa shape index (κ3) is 4.16. The van der Waals surface area contributed by atoms with E-state index in [1.165, 1.54) is 12.1 Å². The molecular formula is C16H17NO3S. The molecule has 2 aromatic carbocycles. The molecule has 3 N–H and O–H groups in total. The normalized spacial score (nSPS) is 10.3. The Morgan fingerprint density at radius 3 is 2.62 bits per heavy atom. The lowest BCUT2D eigenvalue weighted by molar-refractivity contribution is 0.0697. The summed E-state index contributed by atoms with van der Waals surface area (Å²) in [6, 6.07) is 12.4. The number of nitrogen functional groups attached to an aromatic ring is 1. The van der Waals surface area contributed by atoms with Gasteiger partial charge in [0.1, 0.15) is 5.75 Å². The molecule has 0 bridgehead atoms. The molecule has 0 saturated heterocycles. The molecule has 0 fully saturated rings. The lowest BCUT2D eigenvalue weighted by atomic mass is 10.2. The molecule has 0 aliphatic carbocycles. The summed E-state index contributed by atoms with van der Waals surface area (Å²) in [6.45, 7) is 2.52. The number of hydrogen-bond donors (Lipinski definition) is 2. The Labute approximate surface area is 127 Å². The monoisotopic (exact) mass is 303 g/mol. The van der Waals surface area contributed by atoms with Gasteiger partial charge in [-0.1, -0.05) is 12.1 Å². The van der Waals surface area contributed by atoms with Crippen molar-refractivity contribution in [2.45, 2.75) is 11.8 Å². The first-order valence-corrected chi connectivity index (χ1v) is 7.50. The smallest absolute Gasteiger partial charge is 0.335 e. The molecule has 5 heteroatoms. The van der Waals surface area contributed by atoms with Crippen LogP contribution >= 0.6 is 11.8 Å². The van der Waals surface area contributed by atoms with Gasteiger partial charge in [-0.2, -0.15) is 0 Å². The number of para-hydroxylation sites is 1. The van der Waals surface area contributed by atoms with Crippen LogP contribution in [0, 0.1) is 6.92 Å². The molecular weight excluding hydrogens is 286 g/mol. The van der Waals surface area contributed by atoms with Gasteiger partial charge in [-0.15, -0.1) is 11.8 Å². The van der Waals surface area contributed by atoms with E-state index in [0.29, 0.717) is 12.4 Å². The van der Waals surface area contributed by atoms with Crippen molar-refractivity contribution >= 4 is 23.4 Å². The van der Waals surface area contributed by atoms with E-state index in [1.54, 1.807) is 23.9 Å². The van der Waals surface area contributed by atoms with Crippen molar-refractivity contribution in [3.63, 3.8) is 0 Å². The van der Waals surface area contributed by atoms with Gasteiger partial charge in [0.05, 0.1) is 12.2 Å². The summed E-state index contributed by atoms with van der Waals surface area (Å²) in [5.74, 6) is 0.499. The van der Waals surface area contributed by atoms with Gasteiger partial charge in [-0.05, 0) is 42.8 Å². The third-order valence-corrected chi connectivity index (χ3v) is 4.03. The second kappa shape index (κ2) is 7.04. The summed E-state index contributed by atoms with van der Waals surface area (Å²) in [5, 5.41) is 8.81. The number of aromatic carboxylic acids is 1. The quantitative estimate of drug-likeness (QED) is 0.486. The van der Waals surface area contributed by atoms with E-state index in [9.17, 15) is 4.79 Å². The minimum Gasteiger partial charge on any atom is -0.493 e. The summed E-state index contributed by atoms with van der Waals surface area (Å²) in [6.07, 6.45) is 0. The predicted molar refractivity (Wildman–Crippen MR) is 85.2 cm³/mol. The Hall–Kier alpha value is -2.14. The lowest BCUT2D eigenvalue weighted by Gasteiger charge is -2.09. The Kier molecular flexibility index (Phi) is 5.11. The van der Waals surface area contributed by atoms with Crippen molar-refractivity contribution in [2.24, 2.45) is 0 Å². The Balaban J connectivity index is 1.82. The molecule has 0 heterocycles. The zero-order valence-corrected chi connectivity index (χ0v) is 12.5. The molecule has 0 spiro atoms. The van der Waals surface area contributed by atoms with Gasteiger partial charge >= 0.3 is 5.97 Å². The molecule has 4 nitrogen and oxygen atoms in total. The van der Waals surface area contributed by atoms with Crippen LogP contribution in [-0.2, 0) is 0 Å². The fourth-order valence-electron chi connectivity index (χ4n) is 1.78. The first kappa shape index (κ1) is 15.3. The van der Waals surface area contributed by atoms with Crippen LogP contribution in [0.4, 0.5) is 5.69 Å². The van der Waals surface area contributed by atoms with Crippen molar-refractivity contribution < 1.29 is 14.6 Å². The largest absolute Gasteiger partial charge is 0.493 e. The highest BCUT2D eigenvalue weighted by molar-refractivity contribution is 7.99. The highest BCUT2D eigenvalue weighted by Crippen LogP contribution is 2.27. The van der Waals surface area contributed by atoms with Gasteiger partial charge in [0.15, 0.2) is 0 Å². The summed E-state index contributed by atoms with van der Waals surface area (Å²) >= 11 is 1.64. The molecule has 21 heavy (non-hydrogen) atoms. The molecule has 2 rings (SSSR count). The molecule has 0 radical (unpaired) electrons. The van der Waals surface area contributed by atoms with Gasteiger partial charge in [-0.25, -0.2) is 4.79 Å². The van der Waals surface area contributed by atoms with Gasteiger partial charge < -0.3 is 15.6 Å². The maximum absolute atomic E-state index is 10.7. The lowest BCUT2D eigenvalue weighted by Crippen LogP contribution is -2.02. The van der Waals surface area contributed by atoms with Crippen LogP contribution in [0.5, 0.6) is 5.75 Å². The minimum absolute atomic E-state index is 0.254. The van der Waals surface area contributed by atoms with Crippen LogP contribution in [0.3, 0.4) is 0 Å². The van der Waals surface area contributed by atoms with Crippen LogP contribution in [-0.4, -0.2) is 23.4 Å². The zero-order chi connectivity index (χ0) is 15.2. The fraction of sp³-hybridized carbons (Fsp3) is 0.188. The Morgan fingerprint density at radius 2 is 1.95 bits per heavy atom. The zero-order valence-electron chi connectivity index (χ0n) is 11.7. The van der Waals surface area contributed by atoms with Gasteiger partial charge in [0, 0.05) is 16.3 Å². The van der Waals surface area contributed by atoms with E-state index in [2.05, 4.69) is 0 Å². The molecule has 0 amide bonds. The number of carboxylic acid groups (broad SMARTS) is 1. The number of aryl methyl sites for hydroxylation is 1. The van der Waals surface area contributed by atoms with E-state index in [-0.39, 0.29) is 5.56 Å². The van der Waals surface area contributed by atoms with E-state index < -0.39 is 5.97 Å². The molecule has 0 aromatic heterocycles. The number of anilines is 1. The molecule has 0 unspecified atom stereocenters. The molecule has 110 valence electrons. The SMILES string of the molecule is Cc1cccc(SCCOc2ccc(C(=O)O)cc2)c1N. The summed E-state index contributed by atoms with van der Waals surface area (Å²) < 4.78 is 5.58. The number of thioether (sulfide) groups is 1. The predicted octanol–water partition coefficient (Wildman–Crippen LogP) is 3.45. The topological polar surface area (TPSA) is 72.5 Å². The van der Waals surface area contributed by atoms with Crippen molar-refractivity contribution in [3.8, 4) is 5.75 Å². The molecule has 2 aromatic rings. The number of ether oxygens (including phenoxy) is 1. The Morgan fingerprint density at radius 1 is 1.24 bits per heavy atom. The van der Waals surface area contributed by atoms with Crippen LogP contribution in [0.1, 0.15) is 15.9 Å². The van der Waals surface area contributed by atoms with Crippen molar-refractivity contribution in [1.82, 2.24) is 0 Å². The van der Waals surface area contributed by atoms with Crippen LogP contribution in [0.2, 0.25) is 0 Å². The summed E-state index contributed by atoms with van der Waals surface area (Å²) in [7, 11) is 0. The average Bonchev–Trinajstić information content (AvgIpc) is 2.48. The number of rotatable bonds is 6. The third-order valence-electron chi connectivity index (χ3n) is 3.00. The van der Waals surface area contributed by atoms with Crippen LogP contribution in [0.15, 0.2) is 47.4 Å². The second-order valence-electron chi connectivity index (χ2n) is 4.51. The maximum atomic E-state index is 10.7. The van der Waals surface area contributed by atoms with Gasteiger partial charge in [0.2, 0.25) is 0 Å². The highest BCUT2D eigenvalue weighted by atomic mass is 32.2. The standard InChI is InChI=1S/C16H17NO3S/c1-11-3-2-4-14(15(11)17)21-10-9-20-13-7-5-12(6-8-13)16(18)19/h2-8H,9-10,17H2,1H3,(H,18,19). The van der Waals surface area contributed by atoms with E-state index in [4.69, 9.17) is 15.6 Å².